The fourth-order valence-corrected chi connectivity index (χ4v) is 2.05. The van der Waals surface area contributed by atoms with Crippen molar-refractivity contribution in [2.24, 2.45) is 0 Å². The van der Waals surface area contributed by atoms with Gasteiger partial charge in [-0.1, -0.05) is 34.1 Å². The van der Waals surface area contributed by atoms with Gasteiger partial charge in [-0.05, 0) is 18.6 Å². The first-order valence-electron chi connectivity index (χ1n) is 5.37. The summed E-state index contributed by atoms with van der Waals surface area (Å²) in [5, 5.41) is 8.90. The maximum atomic E-state index is 10.9. The third kappa shape index (κ3) is 2.73. The van der Waals surface area contributed by atoms with Crippen LogP contribution in [-0.2, 0) is 6.42 Å². The van der Waals surface area contributed by atoms with E-state index in [0.717, 1.165) is 10.0 Å². The minimum atomic E-state index is -1.00. The van der Waals surface area contributed by atoms with Gasteiger partial charge in [0, 0.05) is 17.1 Å². The van der Waals surface area contributed by atoms with Crippen molar-refractivity contribution in [2.45, 2.75) is 13.3 Å². The Labute approximate surface area is 113 Å². The number of nitrogens with zero attached hydrogens (tertiary/aromatic N) is 2. The first-order chi connectivity index (χ1) is 8.58. The Hall–Kier alpha value is -1.75. The molecule has 0 bridgehead atoms. The largest absolute Gasteiger partial charge is 0.478 e. The molecule has 5 heteroatoms. The zero-order valence-electron chi connectivity index (χ0n) is 9.72. The minimum Gasteiger partial charge on any atom is -0.478 e. The maximum absolute atomic E-state index is 10.9. The maximum Gasteiger partial charge on any atom is 0.339 e. The highest BCUT2D eigenvalue weighted by Crippen LogP contribution is 2.18. The van der Waals surface area contributed by atoms with Gasteiger partial charge in [0.25, 0.3) is 0 Å². The van der Waals surface area contributed by atoms with Crippen molar-refractivity contribution < 1.29 is 9.90 Å². The van der Waals surface area contributed by atoms with Crippen LogP contribution in [0, 0.1) is 6.92 Å². The topological polar surface area (TPSA) is 63.1 Å². The van der Waals surface area contributed by atoms with Crippen LogP contribution in [0.25, 0.3) is 0 Å². The van der Waals surface area contributed by atoms with Crippen molar-refractivity contribution in [1.29, 1.82) is 0 Å². The van der Waals surface area contributed by atoms with Crippen LogP contribution in [0.2, 0.25) is 0 Å². The van der Waals surface area contributed by atoms with Crippen LogP contribution in [0.5, 0.6) is 0 Å². The molecule has 1 aromatic heterocycles. The highest BCUT2D eigenvalue weighted by atomic mass is 79.9. The first kappa shape index (κ1) is 12.7. The number of aromatic carboxylic acids is 1. The van der Waals surface area contributed by atoms with E-state index in [-0.39, 0.29) is 5.56 Å². The molecule has 0 atom stereocenters. The summed E-state index contributed by atoms with van der Waals surface area (Å²) in [7, 11) is 0. The zero-order chi connectivity index (χ0) is 13.1. The molecular formula is C13H11BrN2O2. The molecule has 18 heavy (non-hydrogen) atoms. The van der Waals surface area contributed by atoms with E-state index >= 15 is 0 Å². The van der Waals surface area contributed by atoms with Gasteiger partial charge in [0.2, 0.25) is 0 Å². The van der Waals surface area contributed by atoms with Crippen molar-refractivity contribution in [3.63, 3.8) is 0 Å². The number of benzene rings is 1. The number of carboxylic acid groups (broad SMARTS) is 1. The van der Waals surface area contributed by atoms with Crippen molar-refractivity contribution in [2.75, 3.05) is 0 Å². The number of aryl methyl sites for hydroxylation is 1. The van der Waals surface area contributed by atoms with Gasteiger partial charge in [-0.15, -0.1) is 0 Å². The smallest absolute Gasteiger partial charge is 0.339 e. The van der Waals surface area contributed by atoms with Crippen molar-refractivity contribution in [1.82, 2.24) is 9.97 Å². The lowest BCUT2D eigenvalue weighted by molar-refractivity contribution is 0.0695. The van der Waals surface area contributed by atoms with Crippen molar-refractivity contribution in [3.8, 4) is 0 Å². The van der Waals surface area contributed by atoms with Crippen molar-refractivity contribution >= 4 is 21.9 Å². The van der Waals surface area contributed by atoms with Gasteiger partial charge < -0.3 is 5.11 Å². The summed E-state index contributed by atoms with van der Waals surface area (Å²) in [5.41, 5.74) is 1.70. The summed E-state index contributed by atoms with van der Waals surface area (Å²) >= 11 is 3.46. The molecule has 0 saturated carbocycles. The van der Waals surface area contributed by atoms with Crippen LogP contribution in [0.15, 0.2) is 34.9 Å². The number of rotatable bonds is 3. The van der Waals surface area contributed by atoms with E-state index in [9.17, 15) is 4.79 Å². The molecule has 0 spiro atoms. The molecule has 0 aliphatic heterocycles. The van der Waals surface area contributed by atoms with Crippen molar-refractivity contribution in [3.05, 3.63) is 57.6 Å². The fourth-order valence-electron chi connectivity index (χ4n) is 1.62. The molecule has 2 aromatic rings. The lowest BCUT2D eigenvalue weighted by atomic mass is 10.1. The molecule has 1 aromatic carbocycles. The Bertz CT molecular complexity index is 599. The quantitative estimate of drug-likeness (QED) is 0.947. The molecule has 1 N–H and O–H groups in total. The predicted molar refractivity (Wildman–Crippen MR) is 70.7 cm³/mol. The van der Waals surface area contributed by atoms with Gasteiger partial charge in [-0.3, -0.25) is 0 Å². The lowest BCUT2D eigenvalue weighted by Crippen LogP contribution is -2.06. The summed E-state index contributed by atoms with van der Waals surface area (Å²) in [6.07, 6.45) is 1.93. The summed E-state index contributed by atoms with van der Waals surface area (Å²) in [6, 6.07) is 7.81. The summed E-state index contributed by atoms with van der Waals surface area (Å²) in [4.78, 5) is 19.2. The second kappa shape index (κ2) is 5.27. The molecule has 1 heterocycles. The molecule has 0 aliphatic rings. The highest BCUT2D eigenvalue weighted by molar-refractivity contribution is 9.10. The Balaban J connectivity index is 2.29. The Kier molecular flexibility index (Phi) is 3.72. The van der Waals surface area contributed by atoms with Gasteiger partial charge in [-0.2, -0.15) is 0 Å². The molecule has 2 rings (SSSR count). The first-order valence-corrected chi connectivity index (χ1v) is 6.16. The fraction of sp³-hybridized carbons (Fsp3) is 0.154. The van der Waals surface area contributed by atoms with Crippen LogP contribution < -0.4 is 0 Å². The molecular weight excluding hydrogens is 296 g/mol. The number of carbonyl (C=O) groups is 1. The molecule has 92 valence electrons. The van der Waals surface area contributed by atoms with Crippen LogP contribution >= 0.6 is 15.9 Å². The molecule has 0 radical (unpaired) electrons. The van der Waals surface area contributed by atoms with E-state index in [2.05, 4.69) is 25.9 Å². The van der Waals surface area contributed by atoms with E-state index < -0.39 is 5.97 Å². The predicted octanol–water partition coefficient (Wildman–Crippen LogP) is 2.84. The van der Waals surface area contributed by atoms with E-state index in [1.165, 1.54) is 6.20 Å². The zero-order valence-corrected chi connectivity index (χ0v) is 11.3. The average molecular weight is 307 g/mol. The number of hydrogen-bond donors (Lipinski definition) is 1. The molecule has 0 amide bonds. The molecule has 4 nitrogen and oxygen atoms in total. The summed E-state index contributed by atoms with van der Waals surface area (Å²) in [6.45, 7) is 1.68. The van der Waals surface area contributed by atoms with Gasteiger partial charge in [0.1, 0.15) is 5.82 Å². The van der Waals surface area contributed by atoms with E-state index in [0.29, 0.717) is 17.9 Å². The summed E-state index contributed by atoms with van der Waals surface area (Å²) in [5.74, 6) is -0.385. The van der Waals surface area contributed by atoms with Crippen LogP contribution in [0.1, 0.15) is 27.4 Å². The molecule has 0 fully saturated rings. The second-order valence-electron chi connectivity index (χ2n) is 3.86. The molecule has 0 saturated heterocycles. The van der Waals surface area contributed by atoms with Gasteiger partial charge >= 0.3 is 5.97 Å². The SMILES string of the molecule is Cc1nc(Cc2ccccc2Br)ncc1C(=O)O. The Morgan fingerprint density at radius 3 is 2.72 bits per heavy atom. The third-order valence-electron chi connectivity index (χ3n) is 2.57. The normalized spacial score (nSPS) is 10.3. The van der Waals surface area contributed by atoms with E-state index in [4.69, 9.17) is 5.11 Å². The molecule has 0 aliphatic carbocycles. The Morgan fingerprint density at radius 1 is 1.39 bits per heavy atom. The van der Waals surface area contributed by atoms with E-state index in [1.807, 2.05) is 24.3 Å². The number of aromatic nitrogens is 2. The number of halogens is 1. The number of carboxylic acids is 1. The van der Waals surface area contributed by atoms with Gasteiger partial charge in [0.05, 0.1) is 11.3 Å². The van der Waals surface area contributed by atoms with E-state index in [1.54, 1.807) is 6.92 Å². The standard InChI is InChI=1S/C13H11BrN2O2/c1-8-10(13(17)18)7-15-12(16-8)6-9-4-2-3-5-11(9)14/h2-5,7H,6H2,1H3,(H,17,18). The van der Waals surface area contributed by atoms with Gasteiger partial charge in [-0.25, -0.2) is 14.8 Å². The molecule has 0 unspecified atom stereocenters. The minimum absolute atomic E-state index is 0.144. The monoisotopic (exact) mass is 306 g/mol. The second-order valence-corrected chi connectivity index (χ2v) is 4.71. The Morgan fingerprint density at radius 2 is 2.11 bits per heavy atom. The summed E-state index contributed by atoms with van der Waals surface area (Å²) < 4.78 is 0.994. The number of hydrogen-bond acceptors (Lipinski definition) is 3. The van der Waals surface area contributed by atoms with Crippen LogP contribution in [0.4, 0.5) is 0 Å². The van der Waals surface area contributed by atoms with Crippen LogP contribution in [0.3, 0.4) is 0 Å². The average Bonchev–Trinajstić information content (AvgIpc) is 2.32. The van der Waals surface area contributed by atoms with Crippen LogP contribution in [-0.4, -0.2) is 21.0 Å². The third-order valence-corrected chi connectivity index (χ3v) is 3.34. The lowest BCUT2D eigenvalue weighted by Gasteiger charge is -2.05. The highest BCUT2D eigenvalue weighted by Gasteiger charge is 2.10. The van der Waals surface area contributed by atoms with Gasteiger partial charge in [0.15, 0.2) is 0 Å².